The molecule has 0 saturated heterocycles. The molecule has 1 aromatic carbocycles. The Labute approximate surface area is 152 Å². The number of aryl methyl sites for hydroxylation is 2. The summed E-state index contributed by atoms with van der Waals surface area (Å²) in [5, 5.41) is 8.18. The molecule has 0 aliphatic rings. The molecule has 0 unspecified atom stereocenters. The summed E-state index contributed by atoms with van der Waals surface area (Å²) in [6.45, 7) is 0.648. The maximum absolute atomic E-state index is 12.4. The summed E-state index contributed by atoms with van der Waals surface area (Å²) in [5.74, 6) is -0.137. The minimum Gasteiger partial charge on any atom is -0.350 e. The van der Waals surface area contributed by atoms with Crippen LogP contribution in [0.15, 0.2) is 41.6 Å². The Morgan fingerprint density at radius 3 is 3.00 bits per heavy atom. The third kappa shape index (κ3) is 3.08. The van der Waals surface area contributed by atoms with Gasteiger partial charge in [-0.3, -0.25) is 18.8 Å². The number of carbonyl (C=O) groups is 1. The highest BCUT2D eigenvalue weighted by Gasteiger charge is 2.10. The molecule has 26 heavy (non-hydrogen) atoms. The molecule has 3 heterocycles. The lowest BCUT2D eigenvalue weighted by Crippen LogP contribution is -2.27. The second kappa shape index (κ2) is 6.68. The summed E-state index contributed by atoms with van der Waals surface area (Å²) in [4.78, 5) is 33.2. The van der Waals surface area contributed by atoms with Crippen LogP contribution in [0.2, 0.25) is 0 Å². The van der Waals surface area contributed by atoms with E-state index in [0.717, 1.165) is 15.2 Å². The molecule has 0 radical (unpaired) electrons. The first-order chi connectivity index (χ1) is 12.6. The zero-order chi connectivity index (χ0) is 18.1. The minimum atomic E-state index is -0.193. The fourth-order valence-electron chi connectivity index (χ4n) is 2.71. The largest absolute Gasteiger partial charge is 0.350 e. The molecule has 0 aliphatic carbocycles. The van der Waals surface area contributed by atoms with Gasteiger partial charge in [-0.25, -0.2) is 9.97 Å². The van der Waals surface area contributed by atoms with Crippen LogP contribution in [0.4, 0.5) is 0 Å². The van der Waals surface area contributed by atoms with Crippen molar-refractivity contribution in [2.75, 3.05) is 0 Å². The van der Waals surface area contributed by atoms with Gasteiger partial charge in [0.1, 0.15) is 10.4 Å². The summed E-state index contributed by atoms with van der Waals surface area (Å²) in [6.07, 6.45) is 3.14. The number of hydrogen-bond donors (Lipinski definition) is 1. The number of fused-ring (bicyclic) bond motifs is 2. The van der Waals surface area contributed by atoms with E-state index < -0.39 is 0 Å². The Bertz CT molecular complexity index is 1130. The van der Waals surface area contributed by atoms with Crippen molar-refractivity contribution in [3.05, 3.63) is 52.2 Å². The zero-order valence-electron chi connectivity index (χ0n) is 14.0. The second-order valence-corrected chi connectivity index (χ2v) is 6.97. The molecule has 0 bridgehead atoms. The van der Waals surface area contributed by atoms with Crippen LogP contribution >= 0.6 is 11.3 Å². The van der Waals surface area contributed by atoms with E-state index in [4.69, 9.17) is 0 Å². The van der Waals surface area contributed by atoms with Crippen LogP contribution < -0.4 is 10.9 Å². The minimum absolute atomic E-state index is 0.137. The summed E-state index contributed by atoms with van der Waals surface area (Å²) < 4.78 is 4.08. The molecule has 0 fully saturated rings. The number of nitrogens with zero attached hydrogens (tertiary/aromatic N) is 5. The monoisotopic (exact) mass is 368 g/mol. The van der Waals surface area contributed by atoms with E-state index in [-0.39, 0.29) is 24.4 Å². The van der Waals surface area contributed by atoms with E-state index in [2.05, 4.69) is 20.4 Å². The van der Waals surface area contributed by atoms with Gasteiger partial charge in [0.15, 0.2) is 5.65 Å². The highest BCUT2D eigenvalue weighted by atomic mass is 32.1. The standard InChI is InChI=1S/C17H16N6O2S/c1-22-16-11(8-20-22)17(25)23(10-19-16)7-6-14(24)18-9-15-21-12-4-2-3-5-13(12)26-15/h2-5,8,10H,6-7,9H2,1H3,(H,18,24). The van der Waals surface area contributed by atoms with E-state index in [1.54, 1.807) is 23.1 Å². The van der Waals surface area contributed by atoms with Gasteiger partial charge in [-0.15, -0.1) is 11.3 Å². The van der Waals surface area contributed by atoms with E-state index >= 15 is 0 Å². The van der Waals surface area contributed by atoms with E-state index in [0.29, 0.717) is 17.6 Å². The normalized spacial score (nSPS) is 11.3. The number of amides is 1. The lowest BCUT2D eigenvalue weighted by atomic mass is 10.3. The maximum atomic E-state index is 12.4. The van der Waals surface area contributed by atoms with Gasteiger partial charge in [-0.2, -0.15) is 5.10 Å². The molecule has 0 atom stereocenters. The van der Waals surface area contributed by atoms with Crippen molar-refractivity contribution in [2.24, 2.45) is 7.05 Å². The van der Waals surface area contributed by atoms with Crippen molar-refractivity contribution in [2.45, 2.75) is 19.5 Å². The number of hydrogen-bond acceptors (Lipinski definition) is 6. The third-order valence-electron chi connectivity index (χ3n) is 4.07. The molecule has 1 N–H and O–H groups in total. The fraction of sp³-hybridized carbons (Fsp3) is 0.235. The smallest absolute Gasteiger partial charge is 0.264 e. The Morgan fingerprint density at radius 1 is 1.31 bits per heavy atom. The van der Waals surface area contributed by atoms with Gasteiger partial charge >= 0.3 is 0 Å². The van der Waals surface area contributed by atoms with E-state index in [1.807, 2.05) is 24.3 Å². The van der Waals surface area contributed by atoms with Gasteiger partial charge in [0.2, 0.25) is 5.91 Å². The number of para-hydroxylation sites is 1. The summed E-state index contributed by atoms with van der Waals surface area (Å²) >= 11 is 1.56. The number of rotatable bonds is 5. The van der Waals surface area contributed by atoms with Crippen LogP contribution in [0.1, 0.15) is 11.4 Å². The number of benzene rings is 1. The van der Waals surface area contributed by atoms with Crippen molar-refractivity contribution in [1.82, 2.24) is 29.6 Å². The van der Waals surface area contributed by atoms with Crippen LogP contribution in [0.3, 0.4) is 0 Å². The highest BCUT2D eigenvalue weighted by molar-refractivity contribution is 7.18. The Hall–Kier alpha value is -3.07. The van der Waals surface area contributed by atoms with Crippen LogP contribution in [0, 0.1) is 0 Å². The average Bonchev–Trinajstić information content (AvgIpc) is 3.23. The lowest BCUT2D eigenvalue weighted by molar-refractivity contribution is -0.121. The van der Waals surface area contributed by atoms with Gasteiger partial charge in [0.05, 0.1) is 29.3 Å². The fourth-order valence-corrected chi connectivity index (χ4v) is 3.61. The molecular weight excluding hydrogens is 352 g/mol. The van der Waals surface area contributed by atoms with Crippen molar-refractivity contribution in [1.29, 1.82) is 0 Å². The van der Waals surface area contributed by atoms with Gasteiger partial charge < -0.3 is 5.32 Å². The second-order valence-electron chi connectivity index (χ2n) is 5.85. The van der Waals surface area contributed by atoms with Crippen LogP contribution in [-0.2, 0) is 24.9 Å². The van der Waals surface area contributed by atoms with Gasteiger partial charge in [0, 0.05) is 20.0 Å². The SMILES string of the molecule is Cn1ncc2c(=O)n(CCC(=O)NCc3nc4ccccc4s3)cnc21. The first-order valence-corrected chi connectivity index (χ1v) is 8.92. The van der Waals surface area contributed by atoms with E-state index in [9.17, 15) is 9.59 Å². The molecule has 0 spiro atoms. The van der Waals surface area contributed by atoms with Gasteiger partial charge in [-0.05, 0) is 12.1 Å². The quantitative estimate of drug-likeness (QED) is 0.575. The molecule has 0 saturated carbocycles. The predicted molar refractivity (Wildman–Crippen MR) is 98.9 cm³/mol. The van der Waals surface area contributed by atoms with Crippen molar-refractivity contribution in [3.63, 3.8) is 0 Å². The number of carbonyl (C=O) groups excluding carboxylic acids is 1. The lowest BCUT2D eigenvalue weighted by Gasteiger charge is -2.06. The molecule has 4 aromatic rings. The number of thiazole rings is 1. The molecule has 1 amide bonds. The molecule has 0 aliphatic heterocycles. The van der Waals surface area contributed by atoms with Crippen LogP contribution in [-0.4, -0.2) is 30.2 Å². The molecule has 3 aromatic heterocycles. The molecule has 8 nitrogen and oxygen atoms in total. The van der Waals surface area contributed by atoms with Crippen LogP contribution in [0.5, 0.6) is 0 Å². The number of aromatic nitrogens is 5. The highest BCUT2D eigenvalue weighted by Crippen LogP contribution is 2.21. The summed E-state index contributed by atoms with van der Waals surface area (Å²) in [5.41, 5.74) is 1.28. The Kier molecular flexibility index (Phi) is 4.21. The zero-order valence-corrected chi connectivity index (χ0v) is 14.9. The summed E-state index contributed by atoms with van der Waals surface area (Å²) in [6, 6.07) is 7.86. The predicted octanol–water partition coefficient (Wildman–Crippen LogP) is 1.45. The van der Waals surface area contributed by atoms with Crippen LogP contribution in [0.25, 0.3) is 21.3 Å². The third-order valence-corrected chi connectivity index (χ3v) is 5.11. The van der Waals surface area contributed by atoms with Gasteiger partial charge in [-0.1, -0.05) is 12.1 Å². The van der Waals surface area contributed by atoms with E-state index in [1.165, 1.54) is 17.1 Å². The summed E-state index contributed by atoms with van der Waals surface area (Å²) in [7, 11) is 1.73. The van der Waals surface area contributed by atoms with Gasteiger partial charge in [0.25, 0.3) is 5.56 Å². The van der Waals surface area contributed by atoms with Crippen molar-refractivity contribution < 1.29 is 4.79 Å². The number of nitrogens with one attached hydrogen (secondary N) is 1. The topological polar surface area (TPSA) is 94.7 Å². The van der Waals surface area contributed by atoms with Crippen molar-refractivity contribution >= 4 is 38.5 Å². The average molecular weight is 368 g/mol. The Morgan fingerprint density at radius 2 is 2.15 bits per heavy atom. The maximum Gasteiger partial charge on any atom is 0.264 e. The Balaban J connectivity index is 1.38. The molecule has 9 heteroatoms. The molecule has 4 rings (SSSR count). The first-order valence-electron chi connectivity index (χ1n) is 8.10. The molecular formula is C17H16N6O2S. The van der Waals surface area contributed by atoms with Crippen molar-refractivity contribution in [3.8, 4) is 0 Å². The molecule has 132 valence electrons. The first kappa shape index (κ1) is 16.4.